The number of phenols is 2. The summed E-state index contributed by atoms with van der Waals surface area (Å²) in [5.41, 5.74) is 5.59. The van der Waals surface area contributed by atoms with E-state index < -0.39 is 20.8 Å². The van der Waals surface area contributed by atoms with E-state index in [2.05, 4.69) is 114 Å². The van der Waals surface area contributed by atoms with E-state index in [1.165, 1.54) is 11.1 Å². The quantitative estimate of drug-likeness (QED) is 0.360. The SMILES string of the molecule is CC(c1cc(C(C)(C)C)cc(C(C)(C)C)c1O)c1cc(C(C)(C)C)cc(C(C)(C)C)c1O.[Cl][Zr][Cl]. The van der Waals surface area contributed by atoms with Crippen LogP contribution in [0.25, 0.3) is 0 Å². The second-order valence-corrected chi connectivity index (χ2v) is 17.4. The van der Waals surface area contributed by atoms with Gasteiger partial charge in [-0.3, -0.25) is 0 Å². The van der Waals surface area contributed by atoms with E-state index in [4.69, 9.17) is 17.0 Å². The number of benzene rings is 2. The first-order valence-electron chi connectivity index (χ1n) is 12.3. The summed E-state index contributed by atoms with van der Waals surface area (Å²) in [5.74, 6) is 0.536. The molecule has 0 aliphatic carbocycles. The molecule has 0 amide bonds. The first-order chi connectivity index (χ1) is 15.6. The molecular weight excluding hydrogens is 554 g/mol. The molecule has 2 nitrogen and oxygen atoms in total. The molecule has 196 valence electrons. The van der Waals surface area contributed by atoms with Crippen LogP contribution >= 0.6 is 17.0 Å². The Hall–Kier alpha value is -0.497. The molecule has 0 radical (unpaired) electrons. The Balaban J connectivity index is 0.00000194. The molecule has 2 aromatic rings. The molecule has 0 saturated heterocycles. The summed E-state index contributed by atoms with van der Waals surface area (Å²) in [6.07, 6.45) is 0. The summed E-state index contributed by atoms with van der Waals surface area (Å²) in [4.78, 5) is 0. The van der Waals surface area contributed by atoms with Crippen molar-refractivity contribution in [1.29, 1.82) is 0 Å². The molecule has 0 bridgehead atoms. The fourth-order valence-electron chi connectivity index (χ4n) is 4.15. The van der Waals surface area contributed by atoms with Crippen LogP contribution in [0.3, 0.4) is 0 Å². The normalized spacial score (nSPS) is 12.9. The average Bonchev–Trinajstić information content (AvgIpc) is 2.64. The van der Waals surface area contributed by atoms with E-state index in [9.17, 15) is 10.2 Å². The van der Waals surface area contributed by atoms with E-state index in [0.717, 1.165) is 22.3 Å². The van der Waals surface area contributed by atoms with Crippen LogP contribution in [-0.2, 0) is 42.5 Å². The molecule has 0 aliphatic rings. The Morgan fingerprint density at radius 2 is 0.829 bits per heavy atom. The number of halogens is 2. The standard InChI is InChI=1S/C30H46O2.2ClH.Zr/c1-18(21-14-19(27(2,3)4)16-23(25(21)31)29(8,9)10)22-15-20(28(5,6)7)17-24(26(22)32)30(11,12)13;;;/h14-18,31-32H,1-13H3;2*1H;/q;;;+2/p-2. The summed E-state index contributed by atoms with van der Waals surface area (Å²) in [6, 6.07) is 8.57. The Bertz CT molecular complexity index is 936. The molecule has 2 aromatic carbocycles. The molecule has 0 saturated carbocycles. The van der Waals surface area contributed by atoms with Gasteiger partial charge < -0.3 is 10.2 Å². The van der Waals surface area contributed by atoms with Crippen molar-refractivity contribution in [2.45, 2.75) is 118 Å². The summed E-state index contributed by atoms with van der Waals surface area (Å²) in [7, 11) is 9.87. The third-order valence-corrected chi connectivity index (χ3v) is 6.56. The molecule has 0 unspecified atom stereocenters. The Labute approximate surface area is 233 Å². The molecule has 35 heavy (non-hydrogen) atoms. The van der Waals surface area contributed by atoms with Crippen molar-refractivity contribution in [3.05, 3.63) is 57.6 Å². The van der Waals surface area contributed by atoms with Crippen LogP contribution < -0.4 is 0 Å². The zero-order valence-corrected chi connectivity index (χ0v) is 28.0. The van der Waals surface area contributed by atoms with Crippen molar-refractivity contribution in [3.8, 4) is 11.5 Å². The van der Waals surface area contributed by atoms with Gasteiger partial charge in [-0.2, -0.15) is 0 Å². The van der Waals surface area contributed by atoms with Crippen LogP contribution in [0.2, 0.25) is 0 Å². The number of hydrogen-bond acceptors (Lipinski definition) is 2. The van der Waals surface area contributed by atoms with Gasteiger partial charge in [-0.1, -0.05) is 114 Å². The van der Waals surface area contributed by atoms with Crippen LogP contribution in [0, 0.1) is 0 Å². The first kappa shape index (κ1) is 32.5. The summed E-state index contributed by atoms with van der Waals surface area (Å²) < 4.78 is 0. The van der Waals surface area contributed by atoms with Gasteiger partial charge in [0.1, 0.15) is 11.5 Å². The molecule has 2 rings (SSSR count). The van der Waals surface area contributed by atoms with Crippen LogP contribution in [-0.4, -0.2) is 10.2 Å². The molecule has 5 heteroatoms. The molecule has 0 spiro atoms. The third kappa shape index (κ3) is 8.25. The molecule has 0 fully saturated rings. The van der Waals surface area contributed by atoms with Gasteiger partial charge in [0, 0.05) is 17.0 Å². The zero-order chi connectivity index (χ0) is 27.7. The van der Waals surface area contributed by atoms with Crippen LogP contribution in [0.15, 0.2) is 24.3 Å². The van der Waals surface area contributed by atoms with Crippen molar-refractivity contribution in [2.24, 2.45) is 0 Å². The van der Waals surface area contributed by atoms with E-state index in [0.29, 0.717) is 11.5 Å². The average molecular weight is 601 g/mol. The predicted molar refractivity (Wildman–Crippen MR) is 150 cm³/mol. The predicted octanol–water partition coefficient (Wildman–Crippen LogP) is 9.82. The molecule has 0 aliphatic heterocycles. The summed E-state index contributed by atoms with van der Waals surface area (Å²) in [6.45, 7) is 28.1. The Morgan fingerprint density at radius 1 is 0.571 bits per heavy atom. The van der Waals surface area contributed by atoms with Crippen molar-refractivity contribution in [3.63, 3.8) is 0 Å². The van der Waals surface area contributed by atoms with Crippen LogP contribution in [0.5, 0.6) is 11.5 Å². The van der Waals surface area contributed by atoms with E-state index in [1.807, 2.05) is 0 Å². The van der Waals surface area contributed by atoms with E-state index in [1.54, 1.807) is 0 Å². The van der Waals surface area contributed by atoms with Gasteiger partial charge in [-0.05, 0) is 43.9 Å². The fourth-order valence-corrected chi connectivity index (χ4v) is 4.15. The third-order valence-electron chi connectivity index (χ3n) is 6.56. The topological polar surface area (TPSA) is 40.5 Å². The van der Waals surface area contributed by atoms with Gasteiger partial charge in [-0.25, -0.2) is 0 Å². The molecule has 0 atom stereocenters. The minimum absolute atomic E-state index is 0.0476. The van der Waals surface area contributed by atoms with E-state index in [-0.39, 0.29) is 27.6 Å². The maximum absolute atomic E-state index is 11.4. The number of hydrogen-bond donors (Lipinski definition) is 2. The first-order valence-corrected chi connectivity index (χ1v) is 18.6. The Morgan fingerprint density at radius 3 is 1.03 bits per heavy atom. The second-order valence-electron chi connectivity index (χ2n) is 13.7. The van der Waals surface area contributed by atoms with Crippen molar-refractivity contribution in [1.82, 2.24) is 0 Å². The van der Waals surface area contributed by atoms with Gasteiger partial charge in [0.15, 0.2) is 0 Å². The molecular formula is C30H46Cl2O2Zr. The van der Waals surface area contributed by atoms with Crippen molar-refractivity contribution < 1.29 is 31.1 Å². The second kappa shape index (κ2) is 11.5. The van der Waals surface area contributed by atoms with Crippen molar-refractivity contribution in [2.75, 3.05) is 0 Å². The Kier molecular flexibility index (Phi) is 10.7. The van der Waals surface area contributed by atoms with Gasteiger partial charge in [0.2, 0.25) is 0 Å². The molecule has 0 heterocycles. The molecule has 0 aromatic heterocycles. The molecule has 2 N–H and O–H groups in total. The summed E-state index contributed by atoms with van der Waals surface area (Å²) in [5, 5.41) is 22.8. The van der Waals surface area contributed by atoms with Gasteiger partial charge in [0.25, 0.3) is 0 Å². The number of aromatic hydroxyl groups is 2. The number of phenolic OH excluding ortho intramolecular Hbond substituents is 2. The number of rotatable bonds is 2. The fraction of sp³-hybridized carbons (Fsp3) is 0.600. The maximum atomic E-state index is 11.4. The zero-order valence-electron chi connectivity index (χ0n) is 24.0. The van der Waals surface area contributed by atoms with E-state index >= 15 is 0 Å². The van der Waals surface area contributed by atoms with Crippen LogP contribution in [0.4, 0.5) is 0 Å². The van der Waals surface area contributed by atoms with Gasteiger partial charge in [0.05, 0.1) is 0 Å². The summed E-state index contributed by atoms with van der Waals surface area (Å²) >= 11 is -0.826. The monoisotopic (exact) mass is 598 g/mol. The van der Waals surface area contributed by atoms with Crippen molar-refractivity contribution >= 4 is 17.0 Å². The van der Waals surface area contributed by atoms with Crippen LogP contribution in [0.1, 0.15) is 129 Å². The van der Waals surface area contributed by atoms with Gasteiger partial charge >= 0.3 is 37.9 Å². The van der Waals surface area contributed by atoms with Gasteiger partial charge in [-0.15, -0.1) is 0 Å². The minimum atomic E-state index is -0.826.